The third kappa shape index (κ3) is 3.39. The van der Waals surface area contributed by atoms with Crippen molar-refractivity contribution in [2.75, 3.05) is 0 Å². The molecule has 0 bridgehead atoms. The first-order chi connectivity index (χ1) is 13.4. The van der Waals surface area contributed by atoms with Crippen molar-refractivity contribution in [2.45, 2.75) is 57.8 Å². The van der Waals surface area contributed by atoms with E-state index in [0.717, 1.165) is 24.1 Å². The average molecular weight is 437 g/mol. The number of nitrogens with zero attached hydrogens (tertiary/aromatic N) is 1. The topological polar surface area (TPSA) is 36.2 Å². The molecule has 146 valence electrons. The highest BCUT2D eigenvalue weighted by atomic mass is 79.9. The molecule has 3 aliphatic carbocycles. The lowest BCUT2D eigenvalue weighted by Crippen LogP contribution is -2.26. The summed E-state index contributed by atoms with van der Waals surface area (Å²) in [6, 6.07) is 7.01. The van der Waals surface area contributed by atoms with Gasteiger partial charge in [-0.15, -0.1) is 0 Å². The molecule has 0 aromatic heterocycles. The summed E-state index contributed by atoms with van der Waals surface area (Å²) in [5.74, 6) is 1.69. The SMILES string of the molecule is CCC1C=CC=C(c2ccc3c(c2)C2C=CCCC2C3(C)C)/C(=N/C(=N)Br)C1. The minimum atomic E-state index is 0.197. The van der Waals surface area contributed by atoms with Gasteiger partial charge < -0.3 is 0 Å². The van der Waals surface area contributed by atoms with Crippen LogP contribution in [-0.2, 0) is 5.41 Å². The van der Waals surface area contributed by atoms with E-state index in [2.05, 4.69) is 90.3 Å². The highest BCUT2D eigenvalue weighted by Gasteiger charge is 2.45. The van der Waals surface area contributed by atoms with Gasteiger partial charge in [-0.05, 0) is 75.6 Å². The van der Waals surface area contributed by atoms with Gasteiger partial charge in [0.1, 0.15) is 0 Å². The van der Waals surface area contributed by atoms with Gasteiger partial charge in [0.05, 0.1) is 5.71 Å². The van der Waals surface area contributed by atoms with E-state index in [1.165, 1.54) is 29.5 Å². The van der Waals surface area contributed by atoms with Gasteiger partial charge in [0.25, 0.3) is 0 Å². The normalized spacial score (nSPS) is 29.2. The Morgan fingerprint density at radius 1 is 1.29 bits per heavy atom. The third-order valence-electron chi connectivity index (χ3n) is 6.93. The molecule has 0 fully saturated rings. The summed E-state index contributed by atoms with van der Waals surface area (Å²) in [7, 11) is 0. The van der Waals surface area contributed by atoms with Crippen LogP contribution >= 0.6 is 15.9 Å². The van der Waals surface area contributed by atoms with Gasteiger partial charge in [-0.2, -0.15) is 0 Å². The van der Waals surface area contributed by atoms with Crippen LogP contribution in [0, 0.1) is 17.2 Å². The zero-order valence-electron chi connectivity index (χ0n) is 17.0. The average Bonchev–Trinajstić information content (AvgIpc) is 2.80. The van der Waals surface area contributed by atoms with E-state index in [1.807, 2.05) is 0 Å². The largest absolute Gasteiger partial charge is 0.277 e. The standard InChI is InChI=1S/C25H29BrN2/c1-4-16-8-7-10-18(23(14-16)28-24(26)27)17-12-13-22-20(15-17)19-9-5-6-11-21(19)25(22,2)3/h5,7-10,12-13,15-16,19,21,27H,4,6,11,14H2,1-3H3/b27-24?,28-23+. The summed E-state index contributed by atoms with van der Waals surface area (Å²) < 4.78 is 0.197. The van der Waals surface area contributed by atoms with Gasteiger partial charge in [-0.25, -0.2) is 4.99 Å². The van der Waals surface area contributed by atoms with Crippen molar-refractivity contribution in [1.29, 1.82) is 5.41 Å². The molecule has 0 saturated carbocycles. The van der Waals surface area contributed by atoms with Crippen LogP contribution in [0.2, 0.25) is 0 Å². The molecule has 28 heavy (non-hydrogen) atoms. The van der Waals surface area contributed by atoms with Gasteiger partial charge in [0.2, 0.25) is 0 Å². The van der Waals surface area contributed by atoms with Gasteiger partial charge in [-0.3, -0.25) is 5.41 Å². The lowest BCUT2D eigenvalue weighted by molar-refractivity contribution is 0.301. The molecule has 1 aromatic carbocycles. The maximum Gasteiger partial charge on any atom is 0.189 e. The molecule has 3 atom stereocenters. The predicted molar refractivity (Wildman–Crippen MR) is 124 cm³/mol. The first kappa shape index (κ1) is 19.6. The van der Waals surface area contributed by atoms with Gasteiger partial charge in [0, 0.05) is 11.5 Å². The van der Waals surface area contributed by atoms with E-state index >= 15 is 0 Å². The molecule has 1 aromatic rings. The Kier molecular flexibility index (Phi) is 5.30. The van der Waals surface area contributed by atoms with E-state index in [4.69, 9.17) is 5.41 Å². The Hall–Kier alpha value is -1.74. The first-order valence-corrected chi connectivity index (χ1v) is 11.2. The van der Waals surface area contributed by atoms with E-state index in [0.29, 0.717) is 17.8 Å². The van der Waals surface area contributed by atoms with Crippen molar-refractivity contribution >= 4 is 32.0 Å². The lowest BCUT2D eigenvalue weighted by atomic mass is 9.72. The summed E-state index contributed by atoms with van der Waals surface area (Å²) in [5.41, 5.74) is 6.59. The fourth-order valence-electron chi connectivity index (χ4n) is 5.35. The van der Waals surface area contributed by atoms with Crippen molar-refractivity contribution in [3.63, 3.8) is 0 Å². The summed E-state index contributed by atoms with van der Waals surface area (Å²) in [4.78, 5) is 4.55. The number of benzene rings is 1. The van der Waals surface area contributed by atoms with E-state index in [1.54, 1.807) is 0 Å². The van der Waals surface area contributed by atoms with Crippen LogP contribution in [0.5, 0.6) is 0 Å². The van der Waals surface area contributed by atoms with Crippen LogP contribution in [0.3, 0.4) is 0 Å². The molecular formula is C25H29BrN2. The van der Waals surface area contributed by atoms with Crippen molar-refractivity contribution in [2.24, 2.45) is 16.8 Å². The number of hydrogen-bond acceptors (Lipinski definition) is 1. The Bertz CT molecular complexity index is 916. The fraction of sp³-hybridized carbons (Fsp3) is 0.440. The lowest BCUT2D eigenvalue weighted by Gasteiger charge is -2.32. The first-order valence-electron chi connectivity index (χ1n) is 10.4. The number of rotatable bonds is 2. The van der Waals surface area contributed by atoms with E-state index in [9.17, 15) is 0 Å². The maximum absolute atomic E-state index is 7.85. The van der Waals surface area contributed by atoms with Crippen molar-refractivity contribution in [3.8, 4) is 0 Å². The quantitative estimate of drug-likeness (QED) is 0.220. The highest BCUT2D eigenvalue weighted by molar-refractivity contribution is 9.18. The molecule has 4 rings (SSSR count). The van der Waals surface area contributed by atoms with Crippen LogP contribution in [0.1, 0.15) is 69.1 Å². The Balaban J connectivity index is 1.79. The Morgan fingerprint density at radius 2 is 2.11 bits per heavy atom. The number of fused-ring (bicyclic) bond motifs is 3. The molecule has 0 spiro atoms. The monoisotopic (exact) mass is 436 g/mol. The van der Waals surface area contributed by atoms with E-state index < -0.39 is 0 Å². The summed E-state index contributed by atoms with van der Waals surface area (Å²) in [5, 5.41) is 7.85. The number of aliphatic imine (C=N–C) groups is 1. The number of nitrogens with one attached hydrogen (secondary N) is 1. The summed E-state index contributed by atoms with van der Waals surface area (Å²) >= 11 is 3.23. The van der Waals surface area contributed by atoms with Crippen LogP contribution < -0.4 is 0 Å². The minimum absolute atomic E-state index is 0.197. The van der Waals surface area contributed by atoms with Gasteiger partial charge >= 0.3 is 0 Å². The van der Waals surface area contributed by atoms with Crippen LogP contribution in [-0.4, -0.2) is 10.5 Å². The second kappa shape index (κ2) is 7.59. The van der Waals surface area contributed by atoms with Crippen molar-refractivity contribution in [3.05, 3.63) is 65.3 Å². The number of hydrogen-bond donors (Lipinski definition) is 1. The molecule has 0 saturated heterocycles. The molecule has 3 aliphatic rings. The van der Waals surface area contributed by atoms with Crippen LogP contribution in [0.15, 0.2) is 53.6 Å². The summed E-state index contributed by atoms with van der Waals surface area (Å²) in [6.45, 7) is 7.03. The van der Waals surface area contributed by atoms with Gasteiger partial charge in [-0.1, -0.05) is 69.4 Å². The molecule has 0 radical (unpaired) electrons. The molecule has 2 nitrogen and oxygen atoms in total. The highest BCUT2D eigenvalue weighted by Crippen LogP contribution is 2.54. The maximum atomic E-state index is 7.85. The third-order valence-corrected chi connectivity index (χ3v) is 7.11. The Morgan fingerprint density at radius 3 is 2.86 bits per heavy atom. The number of allylic oxidation sites excluding steroid dienone is 6. The molecule has 3 heteroatoms. The Labute approximate surface area is 177 Å². The second-order valence-corrected chi connectivity index (χ2v) is 9.60. The molecular weight excluding hydrogens is 408 g/mol. The zero-order valence-corrected chi connectivity index (χ0v) is 18.6. The fourth-order valence-corrected chi connectivity index (χ4v) is 5.57. The van der Waals surface area contributed by atoms with Crippen molar-refractivity contribution < 1.29 is 0 Å². The van der Waals surface area contributed by atoms with Crippen molar-refractivity contribution in [1.82, 2.24) is 0 Å². The molecule has 0 aliphatic heterocycles. The molecule has 0 amide bonds. The minimum Gasteiger partial charge on any atom is -0.277 e. The van der Waals surface area contributed by atoms with E-state index in [-0.39, 0.29) is 10.2 Å². The summed E-state index contributed by atoms with van der Waals surface area (Å²) in [6.07, 6.45) is 15.8. The smallest absolute Gasteiger partial charge is 0.189 e. The van der Waals surface area contributed by atoms with Crippen LogP contribution in [0.4, 0.5) is 0 Å². The van der Waals surface area contributed by atoms with Gasteiger partial charge in [0.15, 0.2) is 4.74 Å². The zero-order chi connectivity index (χ0) is 19.9. The predicted octanol–water partition coefficient (Wildman–Crippen LogP) is 7.17. The molecule has 0 heterocycles. The molecule has 3 unspecified atom stereocenters. The van der Waals surface area contributed by atoms with Crippen LogP contribution in [0.25, 0.3) is 5.57 Å². The second-order valence-electron chi connectivity index (χ2n) is 8.85. The molecule has 1 N–H and O–H groups in total. The number of amidine groups is 1. The number of halogens is 1.